The maximum Gasteiger partial charge on any atom is 0.266 e. The van der Waals surface area contributed by atoms with Crippen molar-refractivity contribution in [2.24, 2.45) is 0 Å². The molecule has 7 nitrogen and oxygen atoms in total. The van der Waals surface area contributed by atoms with Gasteiger partial charge in [0.05, 0.1) is 41.3 Å². The fourth-order valence-electron chi connectivity index (χ4n) is 4.29. The van der Waals surface area contributed by atoms with Gasteiger partial charge >= 0.3 is 0 Å². The molecule has 0 aliphatic heterocycles. The second-order valence-electron chi connectivity index (χ2n) is 8.48. The number of rotatable bonds is 8. The number of hydrogen-bond donors (Lipinski definition) is 0. The number of para-hydroxylation sites is 1. The zero-order valence-electron chi connectivity index (χ0n) is 21.0. The second-order valence-corrected chi connectivity index (χ2v) is 10.2. The highest BCUT2D eigenvalue weighted by Crippen LogP contribution is 2.37. The number of ether oxygens (including phenoxy) is 2. The number of nitrogens with zero attached hydrogens (tertiary/aromatic N) is 3. The third-order valence-corrected chi connectivity index (χ3v) is 7.42. The van der Waals surface area contributed by atoms with Gasteiger partial charge in [-0.05, 0) is 59.6 Å². The van der Waals surface area contributed by atoms with Crippen LogP contribution in [0.2, 0.25) is 0 Å². The summed E-state index contributed by atoms with van der Waals surface area (Å²) in [5.41, 5.74) is 1.36. The summed E-state index contributed by atoms with van der Waals surface area (Å²) in [6, 6.07) is 17.4. The number of methoxy groups -OCH3 is 2. The summed E-state index contributed by atoms with van der Waals surface area (Å²) in [5.74, 6) is 1.30. The maximum absolute atomic E-state index is 14.0. The average molecular weight is 629 g/mol. The molecule has 1 heterocycles. The van der Waals surface area contributed by atoms with E-state index in [4.69, 9.17) is 14.5 Å². The summed E-state index contributed by atoms with van der Waals surface area (Å²) < 4.78 is 14.0. The highest BCUT2D eigenvalue weighted by Gasteiger charge is 2.28. The third-order valence-electron chi connectivity index (χ3n) is 6.13. The summed E-state index contributed by atoms with van der Waals surface area (Å²) >= 11 is 7.07. The lowest BCUT2D eigenvalue weighted by atomic mass is 10.1. The number of amides is 1. The summed E-state index contributed by atoms with van der Waals surface area (Å²) in [6.07, 6.45) is 0.735. The molecule has 0 radical (unpaired) electrons. The standard InChI is InChI=1S/C28H27Br2N3O4/c1-5-13-32(27(34)18-9-8-10-19(29)14-18)17(2)26-31-22-12-7-6-11-21(22)28(35)33(26)23-15-20(36-3)16-24(37-4)25(23)30/h6-12,14-17H,5,13H2,1-4H3. The molecule has 4 aromatic rings. The normalized spacial score (nSPS) is 11.8. The highest BCUT2D eigenvalue weighted by molar-refractivity contribution is 9.11. The first-order valence-electron chi connectivity index (χ1n) is 11.8. The molecule has 0 saturated carbocycles. The van der Waals surface area contributed by atoms with Crippen molar-refractivity contribution < 1.29 is 14.3 Å². The van der Waals surface area contributed by atoms with Crippen LogP contribution in [0, 0.1) is 0 Å². The minimum Gasteiger partial charge on any atom is -0.497 e. The number of fused-ring (bicyclic) bond motifs is 1. The van der Waals surface area contributed by atoms with Crippen LogP contribution < -0.4 is 15.0 Å². The number of hydrogen-bond acceptors (Lipinski definition) is 5. The van der Waals surface area contributed by atoms with Crippen LogP contribution in [0.15, 0.2) is 74.4 Å². The molecule has 4 rings (SSSR count). The Labute approximate surface area is 232 Å². The van der Waals surface area contributed by atoms with E-state index >= 15 is 0 Å². The first-order chi connectivity index (χ1) is 17.8. The van der Waals surface area contributed by atoms with Gasteiger partial charge in [0.2, 0.25) is 0 Å². The molecule has 0 spiro atoms. The molecule has 0 aliphatic carbocycles. The third kappa shape index (κ3) is 5.29. The number of carbonyl (C=O) groups is 1. The number of benzene rings is 3. The van der Waals surface area contributed by atoms with Crippen molar-refractivity contribution in [2.45, 2.75) is 26.3 Å². The number of halogens is 2. The Morgan fingerprint density at radius 3 is 2.49 bits per heavy atom. The maximum atomic E-state index is 14.0. The molecule has 3 aromatic carbocycles. The highest BCUT2D eigenvalue weighted by atomic mass is 79.9. The molecule has 1 amide bonds. The van der Waals surface area contributed by atoms with Gasteiger partial charge in [-0.2, -0.15) is 0 Å². The van der Waals surface area contributed by atoms with E-state index in [0.29, 0.717) is 50.5 Å². The SMILES string of the molecule is CCCN(C(=O)c1cccc(Br)c1)C(C)c1nc2ccccc2c(=O)n1-c1cc(OC)cc(OC)c1Br. The Kier molecular flexibility index (Phi) is 8.34. The minimum atomic E-state index is -0.534. The monoisotopic (exact) mass is 627 g/mol. The molecule has 192 valence electrons. The van der Waals surface area contributed by atoms with E-state index < -0.39 is 6.04 Å². The van der Waals surface area contributed by atoms with Crippen LogP contribution in [-0.4, -0.2) is 41.1 Å². The van der Waals surface area contributed by atoms with E-state index in [0.717, 1.165) is 10.9 Å². The van der Waals surface area contributed by atoms with Crippen molar-refractivity contribution in [3.63, 3.8) is 0 Å². The van der Waals surface area contributed by atoms with E-state index in [2.05, 4.69) is 31.9 Å². The molecular formula is C28H27Br2N3O4. The van der Waals surface area contributed by atoms with Crippen molar-refractivity contribution in [1.29, 1.82) is 0 Å². The van der Waals surface area contributed by atoms with Gasteiger partial charge in [0.15, 0.2) is 0 Å². The molecule has 0 bridgehead atoms. The zero-order valence-corrected chi connectivity index (χ0v) is 24.2. The molecule has 9 heteroatoms. The fourth-order valence-corrected chi connectivity index (χ4v) is 5.26. The van der Waals surface area contributed by atoms with Gasteiger partial charge < -0.3 is 14.4 Å². The molecule has 1 unspecified atom stereocenters. The largest absolute Gasteiger partial charge is 0.497 e. The lowest BCUT2D eigenvalue weighted by molar-refractivity contribution is 0.0681. The van der Waals surface area contributed by atoms with Gasteiger partial charge in [-0.15, -0.1) is 0 Å². The average Bonchev–Trinajstić information content (AvgIpc) is 2.91. The van der Waals surface area contributed by atoms with Crippen molar-refractivity contribution in [3.05, 3.63) is 91.4 Å². The summed E-state index contributed by atoms with van der Waals surface area (Å²) in [4.78, 5) is 34.4. The van der Waals surface area contributed by atoms with E-state index in [-0.39, 0.29) is 11.5 Å². The molecule has 1 atom stereocenters. The lowest BCUT2D eigenvalue weighted by Crippen LogP contribution is -2.38. The van der Waals surface area contributed by atoms with Crippen molar-refractivity contribution in [1.82, 2.24) is 14.5 Å². The van der Waals surface area contributed by atoms with Crippen molar-refractivity contribution in [3.8, 4) is 17.2 Å². The molecule has 37 heavy (non-hydrogen) atoms. The van der Waals surface area contributed by atoms with Crippen LogP contribution in [0.3, 0.4) is 0 Å². The Morgan fingerprint density at radius 2 is 1.81 bits per heavy atom. The lowest BCUT2D eigenvalue weighted by Gasteiger charge is -2.31. The molecule has 0 aliphatic rings. The topological polar surface area (TPSA) is 73.7 Å². The molecular weight excluding hydrogens is 602 g/mol. The molecule has 0 N–H and O–H groups in total. The van der Waals surface area contributed by atoms with E-state index in [1.165, 1.54) is 0 Å². The summed E-state index contributed by atoms with van der Waals surface area (Å²) in [6.45, 7) is 4.39. The first-order valence-corrected chi connectivity index (χ1v) is 13.4. The van der Waals surface area contributed by atoms with E-state index in [9.17, 15) is 9.59 Å². The van der Waals surface area contributed by atoms with E-state index in [1.807, 2.05) is 32.0 Å². The Morgan fingerprint density at radius 1 is 1.05 bits per heavy atom. The van der Waals surface area contributed by atoms with Gasteiger partial charge in [-0.1, -0.05) is 41.1 Å². The second kappa shape index (κ2) is 11.5. The van der Waals surface area contributed by atoms with E-state index in [1.54, 1.807) is 66.2 Å². The smallest absolute Gasteiger partial charge is 0.266 e. The summed E-state index contributed by atoms with van der Waals surface area (Å²) in [5, 5.41) is 0.465. The zero-order chi connectivity index (χ0) is 26.7. The van der Waals surface area contributed by atoms with Gasteiger partial charge in [0.1, 0.15) is 17.3 Å². The fraction of sp³-hybridized carbons (Fsp3) is 0.250. The van der Waals surface area contributed by atoms with Crippen LogP contribution in [0.5, 0.6) is 11.5 Å². The molecule has 0 fully saturated rings. The summed E-state index contributed by atoms with van der Waals surface area (Å²) in [7, 11) is 3.10. The first kappa shape index (κ1) is 26.9. The van der Waals surface area contributed by atoms with Crippen LogP contribution in [0.1, 0.15) is 42.5 Å². The Bertz CT molecular complexity index is 1520. The van der Waals surface area contributed by atoms with Crippen molar-refractivity contribution >= 4 is 48.7 Å². The molecule has 0 saturated heterocycles. The van der Waals surface area contributed by atoms with Gasteiger partial charge in [0, 0.05) is 28.7 Å². The quantitative estimate of drug-likeness (QED) is 0.221. The predicted octanol–water partition coefficient (Wildman–Crippen LogP) is 6.54. The Balaban J connectivity index is 1.99. The van der Waals surface area contributed by atoms with Crippen LogP contribution >= 0.6 is 31.9 Å². The van der Waals surface area contributed by atoms with Gasteiger partial charge in [0.25, 0.3) is 11.5 Å². The van der Waals surface area contributed by atoms with Crippen molar-refractivity contribution in [2.75, 3.05) is 20.8 Å². The Hall–Kier alpha value is -3.17. The number of aromatic nitrogens is 2. The van der Waals surface area contributed by atoms with Crippen LogP contribution in [-0.2, 0) is 0 Å². The van der Waals surface area contributed by atoms with Crippen LogP contribution in [0.4, 0.5) is 0 Å². The number of carbonyl (C=O) groups excluding carboxylic acids is 1. The van der Waals surface area contributed by atoms with Gasteiger partial charge in [-0.3, -0.25) is 14.2 Å². The predicted molar refractivity (Wildman–Crippen MR) is 152 cm³/mol. The minimum absolute atomic E-state index is 0.146. The van der Waals surface area contributed by atoms with Gasteiger partial charge in [-0.25, -0.2) is 4.98 Å². The van der Waals surface area contributed by atoms with Crippen LogP contribution in [0.25, 0.3) is 16.6 Å². The molecule has 1 aromatic heterocycles.